The molecule has 0 saturated carbocycles. The van der Waals surface area contributed by atoms with Crippen LogP contribution < -0.4 is 0 Å². The van der Waals surface area contributed by atoms with Crippen LogP contribution in [0.25, 0.3) is 0 Å². The normalized spacial score (nSPS) is 19.0. The van der Waals surface area contributed by atoms with E-state index in [4.69, 9.17) is 8.92 Å². The van der Waals surface area contributed by atoms with Crippen molar-refractivity contribution in [3.8, 4) is 0 Å². The van der Waals surface area contributed by atoms with Crippen LogP contribution in [0.15, 0.2) is 5.38 Å². The molecule has 2 amide bonds. The highest BCUT2D eigenvalue weighted by Gasteiger charge is 2.38. The molecule has 9 nitrogen and oxygen atoms in total. The largest absolute Gasteiger partial charge is 0.460 e. The second-order valence-electron chi connectivity index (χ2n) is 8.25. The summed E-state index contributed by atoms with van der Waals surface area (Å²) in [5.74, 6) is -0.334. The molecule has 1 aliphatic heterocycles. The monoisotopic (exact) mass is 447 g/mol. The molecule has 164 valence electrons. The van der Waals surface area contributed by atoms with Gasteiger partial charge in [0.1, 0.15) is 17.2 Å². The molecule has 11 heteroatoms. The summed E-state index contributed by atoms with van der Waals surface area (Å²) < 4.78 is 32.3. The fourth-order valence-electron chi connectivity index (χ4n) is 2.96. The van der Waals surface area contributed by atoms with Gasteiger partial charge < -0.3 is 14.5 Å². The van der Waals surface area contributed by atoms with Gasteiger partial charge in [-0.15, -0.1) is 11.3 Å². The van der Waals surface area contributed by atoms with Crippen molar-refractivity contribution >= 4 is 33.5 Å². The highest BCUT2D eigenvalue weighted by Crippen LogP contribution is 2.24. The minimum Gasteiger partial charge on any atom is -0.460 e. The summed E-state index contributed by atoms with van der Waals surface area (Å²) in [5, 5.41) is 2.31. The molecular formula is C18H29N3O6S2. The van der Waals surface area contributed by atoms with E-state index in [-0.39, 0.29) is 37.1 Å². The Kier molecular flexibility index (Phi) is 7.28. The van der Waals surface area contributed by atoms with Crippen molar-refractivity contribution in [2.24, 2.45) is 0 Å². The Morgan fingerprint density at radius 1 is 1.41 bits per heavy atom. The van der Waals surface area contributed by atoms with Gasteiger partial charge >= 0.3 is 12.0 Å². The summed E-state index contributed by atoms with van der Waals surface area (Å²) in [6, 6.07) is -0.476. The van der Waals surface area contributed by atoms with Gasteiger partial charge in [0.25, 0.3) is 10.1 Å². The molecule has 0 radical (unpaired) electrons. The van der Waals surface area contributed by atoms with E-state index in [9.17, 15) is 18.0 Å². The maximum atomic E-state index is 12.9. The number of thiazole rings is 1. The predicted octanol–water partition coefficient (Wildman–Crippen LogP) is 2.37. The first-order chi connectivity index (χ1) is 13.2. The van der Waals surface area contributed by atoms with Crippen molar-refractivity contribution in [2.75, 3.05) is 12.8 Å². The third-order valence-corrected chi connectivity index (χ3v) is 5.64. The molecule has 0 spiro atoms. The average Bonchev–Trinajstić information content (AvgIpc) is 3.10. The van der Waals surface area contributed by atoms with E-state index in [1.165, 1.54) is 11.3 Å². The number of esters is 1. The van der Waals surface area contributed by atoms with Crippen LogP contribution in [0.4, 0.5) is 4.79 Å². The Hall–Kier alpha value is -1.72. The van der Waals surface area contributed by atoms with Crippen LogP contribution in [0.3, 0.4) is 0 Å². The van der Waals surface area contributed by atoms with Crippen molar-refractivity contribution in [1.29, 1.82) is 0 Å². The molecule has 0 aromatic carbocycles. The predicted molar refractivity (Wildman–Crippen MR) is 109 cm³/mol. The average molecular weight is 448 g/mol. The molecule has 1 saturated heterocycles. The molecule has 0 unspecified atom stereocenters. The van der Waals surface area contributed by atoms with Gasteiger partial charge in [0, 0.05) is 24.0 Å². The molecule has 1 aromatic rings. The van der Waals surface area contributed by atoms with E-state index in [0.29, 0.717) is 23.8 Å². The van der Waals surface area contributed by atoms with Gasteiger partial charge in [0.15, 0.2) is 0 Å². The molecule has 0 bridgehead atoms. The molecule has 1 fully saturated rings. The van der Waals surface area contributed by atoms with Crippen LogP contribution in [0, 0.1) is 0 Å². The zero-order valence-corrected chi connectivity index (χ0v) is 19.3. The lowest BCUT2D eigenvalue weighted by Gasteiger charge is -2.26. The SMILES string of the molecule is C[C@H]1CN([C@@H](C)CC(=O)OC(C)(C)C)C(=O)N1Cc1csc(COS(C)(=O)=O)n1. The Balaban J connectivity index is 1.96. The summed E-state index contributed by atoms with van der Waals surface area (Å²) in [4.78, 5) is 32.7. The van der Waals surface area contributed by atoms with Crippen LogP contribution >= 0.6 is 11.3 Å². The van der Waals surface area contributed by atoms with E-state index in [1.54, 1.807) is 15.2 Å². The summed E-state index contributed by atoms with van der Waals surface area (Å²) in [5.41, 5.74) is 0.109. The van der Waals surface area contributed by atoms with Crippen molar-refractivity contribution < 1.29 is 26.9 Å². The number of carbonyl (C=O) groups excluding carboxylic acids is 2. The van der Waals surface area contributed by atoms with Crippen LogP contribution in [-0.2, 0) is 37.0 Å². The fraction of sp³-hybridized carbons (Fsp3) is 0.722. The van der Waals surface area contributed by atoms with Crippen molar-refractivity contribution in [2.45, 2.75) is 71.9 Å². The first-order valence-corrected chi connectivity index (χ1v) is 12.0. The third kappa shape index (κ3) is 7.23. The van der Waals surface area contributed by atoms with Crippen LogP contribution in [-0.4, -0.2) is 65.7 Å². The zero-order chi connectivity index (χ0) is 22.0. The highest BCUT2D eigenvalue weighted by atomic mass is 32.2. The number of rotatable bonds is 8. The molecule has 0 N–H and O–H groups in total. The van der Waals surface area contributed by atoms with Crippen LogP contribution in [0.1, 0.15) is 51.7 Å². The van der Waals surface area contributed by atoms with E-state index in [2.05, 4.69) is 4.98 Å². The summed E-state index contributed by atoms with van der Waals surface area (Å²) in [6.07, 6.45) is 1.12. The fourth-order valence-corrected chi connectivity index (χ4v) is 4.06. The van der Waals surface area contributed by atoms with Gasteiger partial charge in [-0.3, -0.25) is 8.98 Å². The van der Waals surface area contributed by atoms with Gasteiger partial charge in [0.05, 0.1) is 24.9 Å². The summed E-state index contributed by atoms with van der Waals surface area (Å²) in [7, 11) is -3.53. The third-order valence-electron chi connectivity index (χ3n) is 4.23. The molecule has 2 heterocycles. The standard InChI is InChI=1S/C18H29N3O6S2/c1-12(7-16(22)27-18(3,4)5)20-8-13(2)21(17(20)23)9-14-11-28-15(19-14)10-26-29(6,24)25/h11-13H,7-10H2,1-6H3/t12-,13-/m0/s1. The second kappa shape index (κ2) is 8.97. The van der Waals surface area contributed by atoms with Gasteiger partial charge in [-0.25, -0.2) is 9.78 Å². The number of aromatic nitrogens is 1. The molecule has 2 atom stereocenters. The number of hydrogen-bond acceptors (Lipinski definition) is 8. The smallest absolute Gasteiger partial charge is 0.320 e. The number of amides is 2. The topological polar surface area (TPSA) is 106 Å². The molecule has 2 rings (SSSR count). The number of carbonyl (C=O) groups is 2. The maximum Gasteiger partial charge on any atom is 0.320 e. The Morgan fingerprint density at radius 2 is 2.07 bits per heavy atom. The number of hydrogen-bond donors (Lipinski definition) is 0. The van der Waals surface area contributed by atoms with Gasteiger partial charge in [-0.2, -0.15) is 8.42 Å². The van der Waals surface area contributed by atoms with E-state index in [0.717, 1.165) is 6.26 Å². The van der Waals surface area contributed by atoms with Gasteiger partial charge in [0.2, 0.25) is 0 Å². The van der Waals surface area contributed by atoms with Gasteiger partial charge in [-0.05, 0) is 34.6 Å². The van der Waals surface area contributed by atoms with E-state index < -0.39 is 15.7 Å². The number of nitrogens with zero attached hydrogens (tertiary/aromatic N) is 3. The zero-order valence-electron chi connectivity index (χ0n) is 17.7. The Morgan fingerprint density at radius 3 is 2.66 bits per heavy atom. The second-order valence-corrected chi connectivity index (χ2v) is 10.8. The van der Waals surface area contributed by atoms with Crippen molar-refractivity contribution in [1.82, 2.24) is 14.8 Å². The lowest BCUT2D eigenvalue weighted by Crippen LogP contribution is -2.39. The van der Waals surface area contributed by atoms with Crippen LogP contribution in [0.2, 0.25) is 0 Å². The minimum atomic E-state index is -3.53. The van der Waals surface area contributed by atoms with Crippen molar-refractivity contribution in [3.63, 3.8) is 0 Å². The van der Waals surface area contributed by atoms with E-state index >= 15 is 0 Å². The Bertz CT molecular complexity index is 846. The first-order valence-electron chi connectivity index (χ1n) is 9.32. The van der Waals surface area contributed by atoms with Crippen molar-refractivity contribution in [3.05, 3.63) is 16.1 Å². The summed E-state index contributed by atoms with van der Waals surface area (Å²) >= 11 is 1.28. The Labute approximate surface area is 176 Å². The molecule has 0 aliphatic carbocycles. The number of urea groups is 1. The maximum absolute atomic E-state index is 12.9. The van der Waals surface area contributed by atoms with Gasteiger partial charge in [-0.1, -0.05) is 0 Å². The minimum absolute atomic E-state index is 0.0407. The lowest BCUT2D eigenvalue weighted by molar-refractivity contribution is -0.155. The molecular weight excluding hydrogens is 418 g/mol. The molecule has 1 aliphatic rings. The molecule has 29 heavy (non-hydrogen) atoms. The first kappa shape index (κ1) is 23.6. The van der Waals surface area contributed by atoms with E-state index in [1.807, 2.05) is 34.6 Å². The summed E-state index contributed by atoms with van der Waals surface area (Å²) in [6.45, 7) is 9.91. The lowest BCUT2D eigenvalue weighted by atomic mass is 10.1. The quantitative estimate of drug-likeness (QED) is 0.445. The molecule has 1 aromatic heterocycles. The van der Waals surface area contributed by atoms with Crippen LogP contribution in [0.5, 0.6) is 0 Å². The number of ether oxygens (including phenoxy) is 1. The highest BCUT2D eigenvalue weighted by molar-refractivity contribution is 7.85.